The summed E-state index contributed by atoms with van der Waals surface area (Å²) in [6, 6.07) is 0. The first-order chi connectivity index (χ1) is 3.21. The number of nitrogens with zero attached hydrogens (tertiary/aromatic N) is 1. The van der Waals surface area contributed by atoms with E-state index in [1.165, 1.54) is 5.41 Å². The predicted octanol–water partition coefficient (Wildman–Crippen LogP) is 0.863. The van der Waals surface area contributed by atoms with Crippen LogP contribution in [-0.2, 0) is 4.84 Å². The van der Waals surface area contributed by atoms with Gasteiger partial charge in [-0.25, -0.2) is 0 Å². The summed E-state index contributed by atoms with van der Waals surface area (Å²) in [5, 5.41) is 21.2. The maximum Gasteiger partial charge on any atom is 0.168 e. The van der Waals surface area contributed by atoms with Crippen LogP contribution in [0.3, 0.4) is 0 Å². The Balaban J connectivity index is 2.49. The molecule has 5 heteroatoms. The quantitative estimate of drug-likeness (QED) is 0.270. The molecule has 0 N–H and O–H groups in total. The van der Waals surface area contributed by atoms with Crippen LogP contribution in [0.5, 0.6) is 0 Å². The van der Waals surface area contributed by atoms with E-state index < -0.39 is 4.38 Å². The molecule has 1 aliphatic rings. The van der Waals surface area contributed by atoms with Gasteiger partial charge < -0.3 is 15.3 Å². The molecule has 4 nitrogen and oxygen atoms in total. The molecule has 0 atom stereocenters. The first kappa shape index (κ1) is 4.92. The van der Waals surface area contributed by atoms with Crippen LogP contribution < -0.4 is 0 Å². The molecule has 0 aromatic rings. The Labute approximate surface area is 44.2 Å². The van der Waals surface area contributed by atoms with Gasteiger partial charge in [-0.05, 0) is 0 Å². The van der Waals surface area contributed by atoms with Crippen molar-refractivity contribution in [3.63, 3.8) is 0 Å². The Hall–Kier alpha value is -0.230. The Kier molecular flexibility index (Phi) is 0.966. The molecular weight excluding hydrogens is 118 g/mol. The number of rotatable bonds is 0. The zero-order valence-corrected chi connectivity index (χ0v) is 4.05. The third-order valence-corrected chi connectivity index (χ3v) is 1.01. The summed E-state index contributed by atoms with van der Waals surface area (Å²) in [6.07, 6.45) is 1.07. The van der Waals surface area contributed by atoms with Gasteiger partial charge in [0.2, 0.25) is 0 Å². The highest BCUT2D eigenvalue weighted by Gasteiger charge is 2.10. The van der Waals surface area contributed by atoms with Gasteiger partial charge in [0.1, 0.15) is 0 Å². The SMILES string of the molecule is [O-][N+]1([O-])OC=CS1. The van der Waals surface area contributed by atoms with Crippen LogP contribution in [0.2, 0.25) is 0 Å². The number of hydrogen-bond donors (Lipinski definition) is 0. The monoisotopic (exact) mass is 120 g/mol. The van der Waals surface area contributed by atoms with E-state index in [0.717, 1.165) is 6.26 Å². The van der Waals surface area contributed by atoms with Crippen molar-refractivity contribution in [2.45, 2.75) is 0 Å². The molecule has 0 radical (unpaired) electrons. The molecule has 0 saturated heterocycles. The van der Waals surface area contributed by atoms with Crippen LogP contribution >= 0.6 is 11.9 Å². The van der Waals surface area contributed by atoms with Crippen LogP contribution in [0, 0.1) is 10.4 Å². The van der Waals surface area contributed by atoms with Crippen LogP contribution in [0.4, 0.5) is 0 Å². The van der Waals surface area contributed by atoms with E-state index in [2.05, 4.69) is 4.84 Å². The Morgan fingerprint density at radius 2 is 2.29 bits per heavy atom. The zero-order valence-electron chi connectivity index (χ0n) is 3.23. The molecule has 40 valence electrons. The van der Waals surface area contributed by atoms with Gasteiger partial charge in [-0.1, -0.05) is 0 Å². The summed E-state index contributed by atoms with van der Waals surface area (Å²) < 4.78 is -1.94. The van der Waals surface area contributed by atoms with E-state index in [1.54, 1.807) is 0 Å². The van der Waals surface area contributed by atoms with Crippen molar-refractivity contribution in [3.8, 4) is 0 Å². The second kappa shape index (κ2) is 1.38. The molecule has 0 saturated carbocycles. The normalized spacial score (nSPS) is 24.9. The zero-order chi connectivity index (χ0) is 5.33. The van der Waals surface area contributed by atoms with Gasteiger partial charge >= 0.3 is 0 Å². The third kappa shape index (κ3) is 1.07. The maximum atomic E-state index is 9.96. The van der Waals surface area contributed by atoms with Crippen molar-refractivity contribution in [1.29, 1.82) is 0 Å². The summed E-state index contributed by atoms with van der Waals surface area (Å²) in [7, 11) is 0. The van der Waals surface area contributed by atoms with Gasteiger partial charge in [0.25, 0.3) is 0 Å². The lowest BCUT2D eigenvalue weighted by Crippen LogP contribution is -2.19. The minimum absolute atomic E-state index is 0.523. The lowest BCUT2D eigenvalue weighted by atomic mass is 11.2. The van der Waals surface area contributed by atoms with Crippen molar-refractivity contribution in [2.75, 3.05) is 0 Å². The topological polar surface area (TPSA) is 55.3 Å². The smallest absolute Gasteiger partial charge is 0.168 e. The average molecular weight is 120 g/mol. The fourth-order valence-electron chi connectivity index (χ4n) is 0.224. The molecule has 0 aliphatic carbocycles. The minimum atomic E-state index is -1.94. The van der Waals surface area contributed by atoms with Gasteiger partial charge in [0.05, 0.1) is 5.41 Å². The lowest BCUT2D eigenvalue weighted by molar-refractivity contribution is -0.896. The van der Waals surface area contributed by atoms with E-state index in [0.29, 0.717) is 11.9 Å². The fraction of sp³-hybridized carbons (Fsp3) is 0. The molecule has 0 unspecified atom stereocenters. The van der Waals surface area contributed by atoms with Crippen LogP contribution in [0.1, 0.15) is 0 Å². The van der Waals surface area contributed by atoms with Gasteiger partial charge in [0.15, 0.2) is 18.2 Å². The highest BCUT2D eigenvalue weighted by atomic mass is 32.2. The van der Waals surface area contributed by atoms with Crippen molar-refractivity contribution < 1.29 is 9.22 Å². The average Bonchev–Trinajstić information content (AvgIpc) is 1.84. The maximum absolute atomic E-state index is 9.96. The summed E-state index contributed by atoms with van der Waals surface area (Å²) in [5.74, 6) is 0. The Morgan fingerprint density at radius 1 is 1.57 bits per heavy atom. The van der Waals surface area contributed by atoms with Crippen LogP contribution in [0.25, 0.3) is 0 Å². The third-order valence-electron chi connectivity index (χ3n) is 0.435. The van der Waals surface area contributed by atoms with Crippen molar-refractivity contribution in [1.82, 2.24) is 0 Å². The lowest BCUT2D eigenvalue weighted by Gasteiger charge is -2.32. The van der Waals surface area contributed by atoms with Gasteiger partial charge in [-0.15, -0.1) is 4.38 Å². The summed E-state index contributed by atoms with van der Waals surface area (Å²) in [5.41, 5.74) is 0. The predicted molar refractivity (Wildman–Crippen MR) is 24.8 cm³/mol. The summed E-state index contributed by atoms with van der Waals surface area (Å²) in [4.78, 5) is 3.95. The van der Waals surface area contributed by atoms with Gasteiger partial charge in [-0.2, -0.15) is 0 Å². The molecule has 7 heavy (non-hydrogen) atoms. The minimum Gasteiger partial charge on any atom is -0.575 e. The molecule has 0 aromatic heterocycles. The molecule has 0 amide bonds. The molecular formula is C2H2NO3S-. The molecule has 0 aromatic carbocycles. The molecule has 1 heterocycles. The Bertz CT molecular complexity index is 91.1. The second-order valence-corrected chi connectivity index (χ2v) is 1.86. The van der Waals surface area contributed by atoms with E-state index in [-0.39, 0.29) is 0 Å². The number of quaternary nitrogens is 1. The molecule has 1 rings (SSSR count). The first-order valence-electron chi connectivity index (χ1n) is 1.54. The molecule has 0 spiro atoms. The van der Waals surface area contributed by atoms with Gasteiger partial charge in [-0.3, -0.25) is 0 Å². The highest BCUT2D eigenvalue weighted by Crippen LogP contribution is 2.26. The van der Waals surface area contributed by atoms with Crippen molar-refractivity contribution >= 4 is 11.9 Å². The highest BCUT2D eigenvalue weighted by molar-refractivity contribution is 7.96. The molecule has 1 aliphatic heterocycles. The standard InChI is InChI=1S/C2H2NO3S/c4-3(5)6-1-2-7-3/h1-2H/q-1. The van der Waals surface area contributed by atoms with Crippen LogP contribution in [0.15, 0.2) is 11.7 Å². The van der Waals surface area contributed by atoms with Crippen molar-refractivity contribution in [2.24, 2.45) is 0 Å². The molecule has 0 bridgehead atoms. The van der Waals surface area contributed by atoms with E-state index in [4.69, 9.17) is 0 Å². The first-order valence-corrected chi connectivity index (χ1v) is 2.37. The van der Waals surface area contributed by atoms with E-state index in [9.17, 15) is 10.4 Å². The van der Waals surface area contributed by atoms with E-state index in [1.807, 2.05) is 0 Å². The van der Waals surface area contributed by atoms with Crippen LogP contribution in [-0.4, -0.2) is 4.38 Å². The van der Waals surface area contributed by atoms with Gasteiger partial charge in [0, 0.05) is 0 Å². The second-order valence-electron chi connectivity index (χ2n) is 0.930. The fourth-order valence-corrected chi connectivity index (χ4v) is 0.571. The van der Waals surface area contributed by atoms with E-state index >= 15 is 0 Å². The largest absolute Gasteiger partial charge is 0.575 e. The summed E-state index contributed by atoms with van der Waals surface area (Å²) in [6.45, 7) is 0. The summed E-state index contributed by atoms with van der Waals surface area (Å²) >= 11 is 0.523. The Morgan fingerprint density at radius 3 is 2.43 bits per heavy atom. The van der Waals surface area contributed by atoms with Crippen molar-refractivity contribution in [3.05, 3.63) is 22.1 Å². The molecule has 0 fully saturated rings. The number of hydrogen-bond acceptors (Lipinski definition) is 4.